The standard InChI is InChI=1S/C58H35N3O2/c1-2-13-36(14-3-1)50-35-51(39-15-12-16-43(32-39)61-52-21-8-4-17-44(52)45-18-5-9-22-53(45)61)60-58(59-50)42-30-40(37-25-27-56-48(33-37)46-19-6-10-23-54(46)62-56)29-41(31-42)38-26-28-57-49(34-38)47-20-7-11-24-55(47)63-57/h1-35H. The van der Waals surface area contributed by atoms with Crippen molar-refractivity contribution in [2.24, 2.45) is 0 Å². The van der Waals surface area contributed by atoms with E-state index in [1.807, 2.05) is 30.3 Å². The van der Waals surface area contributed by atoms with Gasteiger partial charge in [0.05, 0.1) is 22.4 Å². The molecule has 0 radical (unpaired) electrons. The first kappa shape index (κ1) is 35.2. The van der Waals surface area contributed by atoms with Crippen LogP contribution in [0.25, 0.3) is 128 Å². The average molecular weight is 806 g/mol. The first-order chi connectivity index (χ1) is 31.2. The second-order valence-electron chi connectivity index (χ2n) is 16.2. The van der Waals surface area contributed by atoms with Crippen molar-refractivity contribution in [3.63, 3.8) is 0 Å². The Hall–Kier alpha value is -8.54. The van der Waals surface area contributed by atoms with Crippen LogP contribution in [0.4, 0.5) is 0 Å². The molecule has 0 aliphatic carbocycles. The molecule has 0 aliphatic heterocycles. The van der Waals surface area contributed by atoms with Crippen LogP contribution < -0.4 is 0 Å². The van der Waals surface area contributed by atoms with E-state index in [1.165, 1.54) is 10.8 Å². The molecule has 4 heterocycles. The molecule has 5 heteroatoms. The minimum atomic E-state index is 0.640. The summed E-state index contributed by atoms with van der Waals surface area (Å²) in [6, 6.07) is 74.5. The molecule has 5 nitrogen and oxygen atoms in total. The van der Waals surface area contributed by atoms with E-state index < -0.39 is 0 Å². The van der Waals surface area contributed by atoms with Crippen molar-refractivity contribution in [2.75, 3.05) is 0 Å². The molecule has 9 aromatic carbocycles. The van der Waals surface area contributed by atoms with E-state index >= 15 is 0 Å². The lowest BCUT2D eigenvalue weighted by atomic mass is 9.94. The van der Waals surface area contributed by atoms with Gasteiger partial charge in [0.2, 0.25) is 0 Å². The first-order valence-electron chi connectivity index (χ1n) is 21.2. The van der Waals surface area contributed by atoms with Gasteiger partial charge in [-0.15, -0.1) is 0 Å². The zero-order chi connectivity index (χ0) is 41.4. The number of rotatable bonds is 6. The summed E-state index contributed by atoms with van der Waals surface area (Å²) < 4.78 is 14.9. The molecular formula is C58H35N3O2. The van der Waals surface area contributed by atoms with Crippen LogP contribution >= 0.6 is 0 Å². The smallest absolute Gasteiger partial charge is 0.160 e. The predicted molar refractivity (Wildman–Crippen MR) is 258 cm³/mol. The number of nitrogens with zero attached hydrogens (tertiary/aromatic N) is 3. The van der Waals surface area contributed by atoms with Gasteiger partial charge in [0.25, 0.3) is 0 Å². The molecule has 0 N–H and O–H groups in total. The molecule has 63 heavy (non-hydrogen) atoms. The highest BCUT2D eigenvalue weighted by Gasteiger charge is 2.18. The van der Waals surface area contributed by atoms with Crippen LogP contribution in [0, 0.1) is 0 Å². The molecular weight excluding hydrogens is 771 g/mol. The van der Waals surface area contributed by atoms with Crippen LogP contribution in [-0.2, 0) is 0 Å². The molecule has 0 fully saturated rings. The average Bonchev–Trinajstić information content (AvgIpc) is 4.03. The summed E-state index contributed by atoms with van der Waals surface area (Å²) in [5.74, 6) is 0.640. The molecule has 0 unspecified atom stereocenters. The number of furan rings is 2. The highest BCUT2D eigenvalue weighted by Crippen LogP contribution is 2.40. The Bertz CT molecular complexity index is 3740. The fourth-order valence-corrected chi connectivity index (χ4v) is 9.39. The predicted octanol–water partition coefficient (Wildman–Crippen LogP) is 15.7. The minimum Gasteiger partial charge on any atom is -0.456 e. The molecule has 0 aliphatic rings. The third-order valence-corrected chi connectivity index (χ3v) is 12.4. The second-order valence-corrected chi connectivity index (χ2v) is 16.2. The van der Waals surface area contributed by atoms with E-state index in [0.29, 0.717) is 5.82 Å². The van der Waals surface area contributed by atoms with E-state index in [0.717, 1.165) is 111 Å². The van der Waals surface area contributed by atoms with Crippen molar-refractivity contribution in [1.29, 1.82) is 0 Å². The summed E-state index contributed by atoms with van der Waals surface area (Å²) in [6.07, 6.45) is 0. The highest BCUT2D eigenvalue weighted by atomic mass is 16.3. The highest BCUT2D eigenvalue weighted by molar-refractivity contribution is 6.10. The van der Waals surface area contributed by atoms with Crippen LogP contribution in [0.5, 0.6) is 0 Å². The largest absolute Gasteiger partial charge is 0.456 e. The fourth-order valence-electron chi connectivity index (χ4n) is 9.39. The zero-order valence-corrected chi connectivity index (χ0v) is 33.9. The van der Waals surface area contributed by atoms with E-state index in [2.05, 4.69) is 187 Å². The van der Waals surface area contributed by atoms with Crippen molar-refractivity contribution in [3.8, 4) is 61.8 Å². The lowest BCUT2D eigenvalue weighted by molar-refractivity contribution is 0.668. The van der Waals surface area contributed by atoms with Gasteiger partial charge < -0.3 is 13.4 Å². The van der Waals surface area contributed by atoms with Crippen molar-refractivity contribution < 1.29 is 8.83 Å². The zero-order valence-electron chi connectivity index (χ0n) is 33.9. The van der Waals surface area contributed by atoms with E-state index in [-0.39, 0.29) is 0 Å². The van der Waals surface area contributed by atoms with Gasteiger partial charge >= 0.3 is 0 Å². The summed E-state index contributed by atoms with van der Waals surface area (Å²) in [5, 5.41) is 6.79. The van der Waals surface area contributed by atoms with Crippen LogP contribution in [0.1, 0.15) is 0 Å². The molecule has 0 atom stereocenters. The van der Waals surface area contributed by atoms with Gasteiger partial charge in [-0.05, 0) is 107 Å². The van der Waals surface area contributed by atoms with Gasteiger partial charge in [0, 0.05) is 54.7 Å². The number of benzene rings is 9. The monoisotopic (exact) mass is 805 g/mol. The lowest BCUT2D eigenvalue weighted by Gasteiger charge is -2.14. The van der Waals surface area contributed by atoms with Crippen LogP contribution in [0.15, 0.2) is 221 Å². The minimum absolute atomic E-state index is 0.640. The maximum Gasteiger partial charge on any atom is 0.160 e. The molecule has 0 bridgehead atoms. The molecule has 0 saturated carbocycles. The van der Waals surface area contributed by atoms with Gasteiger partial charge in [-0.1, -0.05) is 127 Å². The maximum atomic E-state index is 6.25. The molecule has 294 valence electrons. The Morgan fingerprint density at radius 1 is 0.286 bits per heavy atom. The lowest BCUT2D eigenvalue weighted by Crippen LogP contribution is -1.98. The van der Waals surface area contributed by atoms with Crippen LogP contribution in [0.3, 0.4) is 0 Å². The summed E-state index contributed by atoms with van der Waals surface area (Å²) in [6.45, 7) is 0. The maximum absolute atomic E-state index is 6.25. The van der Waals surface area contributed by atoms with E-state index in [9.17, 15) is 0 Å². The molecule has 0 spiro atoms. The third-order valence-electron chi connectivity index (χ3n) is 12.4. The SMILES string of the molecule is c1ccc(-c2cc(-c3cccc(-n4c5ccccc5c5ccccc54)c3)nc(-c3cc(-c4ccc5oc6ccccc6c5c4)cc(-c4ccc5oc6ccccc6c5c4)c3)n2)cc1. The van der Waals surface area contributed by atoms with Gasteiger partial charge in [-0.3, -0.25) is 0 Å². The summed E-state index contributed by atoms with van der Waals surface area (Å²) >= 11 is 0. The molecule has 0 saturated heterocycles. The number of hydrogen-bond donors (Lipinski definition) is 0. The fraction of sp³-hybridized carbons (Fsp3) is 0. The third kappa shape index (κ3) is 5.86. The Morgan fingerprint density at radius 2 is 0.762 bits per heavy atom. The molecule has 4 aromatic heterocycles. The van der Waals surface area contributed by atoms with Crippen molar-refractivity contribution in [2.45, 2.75) is 0 Å². The van der Waals surface area contributed by atoms with Gasteiger partial charge in [-0.25, -0.2) is 9.97 Å². The van der Waals surface area contributed by atoms with E-state index in [4.69, 9.17) is 18.8 Å². The van der Waals surface area contributed by atoms with Gasteiger partial charge in [0.15, 0.2) is 5.82 Å². The Morgan fingerprint density at radius 3 is 1.37 bits per heavy atom. The number of hydrogen-bond acceptors (Lipinski definition) is 4. The van der Waals surface area contributed by atoms with Crippen LogP contribution in [-0.4, -0.2) is 14.5 Å². The summed E-state index contributed by atoms with van der Waals surface area (Å²) in [7, 11) is 0. The quantitative estimate of drug-likeness (QED) is 0.168. The van der Waals surface area contributed by atoms with Gasteiger partial charge in [0.1, 0.15) is 22.3 Å². The number of para-hydroxylation sites is 4. The number of aromatic nitrogens is 3. The Balaban J connectivity index is 1.02. The van der Waals surface area contributed by atoms with Crippen molar-refractivity contribution in [3.05, 3.63) is 212 Å². The van der Waals surface area contributed by atoms with Crippen molar-refractivity contribution in [1.82, 2.24) is 14.5 Å². The van der Waals surface area contributed by atoms with Crippen molar-refractivity contribution >= 4 is 65.7 Å². The second kappa shape index (κ2) is 14.0. The Labute approximate surface area is 361 Å². The molecule has 13 rings (SSSR count). The van der Waals surface area contributed by atoms with Crippen LogP contribution in [0.2, 0.25) is 0 Å². The summed E-state index contributed by atoms with van der Waals surface area (Å²) in [4.78, 5) is 10.8. The normalized spacial score (nSPS) is 11.8. The molecule has 13 aromatic rings. The first-order valence-corrected chi connectivity index (χ1v) is 21.2. The number of fused-ring (bicyclic) bond motifs is 9. The van der Waals surface area contributed by atoms with Gasteiger partial charge in [-0.2, -0.15) is 0 Å². The summed E-state index contributed by atoms with van der Waals surface area (Å²) in [5.41, 5.74) is 15.7. The molecule has 0 amide bonds. The Kier molecular flexibility index (Phi) is 7.84. The van der Waals surface area contributed by atoms with E-state index in [1.54, 1.807) is 0 Å². The topological polar surface area (TPSA) is 57.0 Å².